The topological polar surface area (TPSA) is 120 Å². The lowest BCUT2D eigenvalue weighted by atomic mass is 9.78. The Morgan fingerprint density at radius 2 is 1.46 bits per heavy atom. The summed E-state index contributed by atoms with van der Waals surface area (Å²) in [4.78, 5) is 65.7. The lowest BCUT2D eigenvalue weighted by molar-refractivity contribution is -0.150. The molecule has 50 heavy (non-hydrogen) atoms. The van der Waals surface area contributed by atoms with Crippen molar-refractivity contribution < 1.29 is 38.2 Å². The van der Waals surface area contributed by atoms with E-state index in [-0.39, 0.29) is 67.3 Å². The molecule has 0 aromatic carbocycles. The average Bonchev–Trinajstić information content (AvgIpc) is 3.05. The minimum atomic E-state index is -0.648. The van der Waals surface area contributed by atoms with E-state index in [0.717, 1.165) is 37.7 Å². The number of carbonyl (C=O) groups is 5. The Hall–Kier alpha value is -2.95. The zero-order valence-corrected chi connectivity index (χ0v) is 31.9. The first-order valence-electron chi connectivity index (χ1n) is 18.8. The van der Waals surface area contributed by atoms with Gasteiger partial charge in [-0.25, -0.2) is 0 Å². The van der Waals surface area contributed by atoms with E-state index in [1.54, 1.807) is 0 Å². The summed E-state index contributed by atoms with van der Waals surface area (Å²) < 4.78 is 17.2. The van der Waals surface area contributed by atoms with E-state index in [1.165, 1.54) is 44.1 Å². The van der Waals surface area contributed by atoms with Crippen LogP contribution in [0.25, 0.3) is 0 Å². The molecule has 2 unspecified atom stereocenters. The number of ketones is 3. The van der Waals surface area contributed by atoms with Crippen LogP contribution < -0.4 is 0 Å². The Kier molecular flexibility index (Phi) is 24.2. The molecule has 0 fully saturated rings. The van der Waals surface area contributed by atoms with Gasteiger partial charge in [0.1, 0.15) is 17.7 Å². The van der Waals surface area contributed by atoms with Crippen molar-refractivity contribution in [1.82, 2.24) is 9.80 Å². The zero-order valence-electron chi connectivity index (χ0n) is 31.9. The summed E-state index contributed by atoms with van der Waals surface area (Å²) in [5.74, 6) is -1.44. The number of carbonyl (C=O) groups excluding carboxylic acids is 5. The highest BCUT2D eigenvalue weighted by Gasteiger charge is 2.29. The normalized spacial score (nSPS) is 19.4. The van der Waals surface area contributed by atoms with Gasteiger partial charge in [0.15, 0.2) is 5.78 Å². The molecule has 0 aromatic heterocycles. The smallest absolute Gasteiger partial charge is 0.320 e. The third kappa shape index (κ3) is 20.0. The van der Waals surface area contributed by atoms with Gasteiger partial charge in [-0.3, -0.25) is 33.8 Å². The number of nitrogens with zero attached hydrogens (tertiary/aromatic N) is 2. The van der Waals surface area contributed by atoms with Crippen LogP contribution in [0, 0.1) is 17.8 Å². The van der Waals surface area contributed by atoms with E-state index in [4.69, 9.17) is 14.2 Å². The van der Waals surface area contributed by atoms with Gasteiger partial charge in [0.25, 0.3) is 0 Å². The van der Waals surface area contributed by atoms with Crippen LogP contribution >= 0.6 is 0 Å². The van der Waals surface area contributed by atoms with Crippen molar-refractivity contribution in [1.29, 1.82) is 0 Å². The molecule has 0 aromatic rings. The first-order valence-corrected chi connectivity index (χ1v) is 18.8. The summed E-state index contributed by atoms with van der Waals surface area (Å²) >= 11 is 0. The molecule has 1 rings (SSSR count). The molecule has 10 heteroatoms. The second-order valence-corrected chi connectivity index (χ2v) is 13.7. The molecule has 0 amide bonds. The largest absolute Gasteiger partial charge is 0.465 e. The minimum Gasteiger partial charge on any atom is -0.465 e. The van der Waals surface area contributed by atoms with E-state index < -0.39 is 12.1 Å². The molecule has 0 N–H and O–H groups in total. The van der Waals surface area contributed by atoms with Crippen LogP contribution in [0.4, 0.5) is 0 Å². The third-order valence-electron chi connectivity index (χ3n) is 9.09. The molecule has 1 aliphatic rings. The summed E-state index contributed by atoms with van der Waals surface area (Å²) in [5, 5.41) is 0. The highest BCUT2D eigenvalue weighted by molar-refractivity contribution is 5.91. The fourth-order valence-corrected chi connectivity index (χ4v) is 6.33. The van der Waals surface area contributed by atoms with Crippen LogP contribution in [-0.2, 0) is 38.2 Å². The first-order chi connectivity index (χ1) is 23.9. The molecule has 4 atom stereocenters. The van der Waals surface area contributed by atoms with E-state index >= 15 is 0 Å². The predicted molar refractivity (Wildman–Crippen MR) is 198 cm³/mol. The van der Waals surface area contributed by atoms with Gasteiger partial charge in [0.05, 0.1) is 39.4 Å². The molecular weight excluding hydrogens is 636 g/mol. The second kappa shape index (κ2) is 26.8. The molecule has 0 spiro atoms. The zero-order chi connectivity index (χ0) is 37.3. The van der Waals surface area contributed by atoms with Crippen molar-refractivity contribution in [3.8, 4) is 0 Å². The summed E-state index contributed by atoms with van der Waals surface area (Å²) in [5.41, 5.74) is 1.16. The number of esters is 2. The Balaban J connectivity index is 3.04. The Bertz CT molecular complexity index is 1100. The molecule has 0 saturated carbocycles. The van der Waals surface area contributed by atoms with Crippen LogP contribution in [-0.4, -0.2) is 104 Å². The Morgan fingerprint density at radius 1 is 0.800 bits per heavy atom. The number of unbranched alkanes of at least 4 members (excludes halogenated alkanes) is 5. The molecule has 0 bridgehead atoms. The maximum atomic E-state index is 13.0. The number of hydrogen-bond donors (Lipinski definition) is 0. The van der Waals surface area contributed by atoms with Gasteiger partial charge in [-0.15, -0.1) is 0 Å². The molecule has 10 nitrogen and oxygen atoms in total. The molecule has 0 heterocycles. The number of allylic oxidation sites excluding steroid dienone is 3. The lowest BCUT2D eigenvalue weighted by Crippen LogP contribution is -2.39. The maximum Gasteiger partial charge on any atom is 0.320 e. The van der Waals surface area contributed by atoms with E-state index in [9.17, 15) is 24.0 Å². The van der Waals surface area contributed by atoms with Gasteiger partial charge in [-0.1, -0.05) is 77.2 Å². The summed E-state index contributed by atoms with van der Waals surface area (Å²) in [6.45, 7) is 17.6. The minimum absolute atomic E-state index is 0.0307. The van der Waals surface area contributed by atoms with Crippen molar-refractivity contribution in [3.63, 3.8) is 0 Å². The summed E-state index contributed by atoms with van der Waals surface area (Å²) in [6, 6.07) is 0. The Labute approximate surface area is 302 Å². The number of rotatable bonds is 27. The van der Waals surface area contributed by atoms with Gasteiger partial charge in [0.2, 0.25) is 0 Å². The van der Waals surface area contributed by atoms with Crippen molar-refractivity contribution >= 4 is 29.3 Å². The van der Waals surface area contributed by atoms with Gasteiger partial charge < -0.3 is 14.2 Å². The quantitative estimate of drug-likeness (QED) is 0.0416. The fourth-order valence-electron chi connectivity index (χ4n) is 6.33. The maximum absolute atomic E-state index is 13.0. The van der Waals surface area contributed by atoms with Crippen molar-refractivity contribution in [2.24, 2.45) is 17.8 Å². The number of ether oxygens (including phenoxy) is 3. The van der Waals surface area contributed by atoms with Crippen molar-refractivity contribution in [2.45, 2.75) is 112 Å². The SMILES string of the molecule is C=CC(=O)C1CC[C@@H](C(C)/C(=C\C)CN(CCOCCC)CC(=O)OCCCCCCCC)/C=C\[C@H](OC(=O)CN(CC(C)=O)CC(C)=O)C1. The molecule has 1 aliphatic carbocycles. The van der Waals surface area contributed by atoms with Gasteiger partial charge in [-0.05, 0) is 76.9 Å². The number of Topliss-reactive ketones (excluding diaryl/α,β-unsaturated/α-hetero) is 2. The molecule has 0 saturated heterocycles. The van der Waals surface area contributed by atoms with Crippen LogP contribution in [0.1, 0.15) is 106 Å². The van der Waals surface area contributed by atoms with Crippen molar-refractivity contribution in [3.05, 3.63) is 36.5 Å². The molecular formula is C40H66N2O8. The van der Waals surface area contributed by atoms with E-state index in [0.29, 0.717) is 45.8 Å². The van der Waals surface area contributed by atoms with E-state index in [1.807, 2.05) is 13.0 Å². The van der Waals surface area contributed by atoms with Crippen LogP contribution in [0.2, 0.25) is 0 Å². The van der Waals surface area contributed by atoms with Crippen molar-refractivity contribution in [2.75, 3.05) is 59.1 Å². The van der Waals surface area contributed by atoms with Crippen LogP contribution in [0.15, 0.2) is 36.5 Å². The van der Waals surface area contributed by atoms with Crippen LogP contribution in [0.3, 0.4) is 0 Å². The average molecular weight is 703 g/mol. The van der Waals surface area contributed by atoms with Gasteiger partial charge in [-0.2, -0.15) is 0 Å². The summed E-state index contributed by atoms with van der Waals surface area (Å²) in [6.07, 6.45) is 16.1. The fraction of sp³-hybridized carbons (Fsp3) is 0.725. The molecule has 0 aliphatic heterocycles. The first kappa shape index (κ1) is 45.1. The standard InChI is InChI=1S/C40H66N2O8/c1-8-12-13-14-15-16-23-49-39(46)29-41(21-24-48-22-9-2)28-34(10-3)33(7)35-17-18-36(38(45)11-4)25-37(20-19-35)50-40(47)30-42(26-31(5)43)27-32(6)44/h10-11,19-20,33,35-37H,4,8-9,12-18,21-30H2,1-3,5-7H3/b20-19-,34-10-/t33?,35-,36?,37+/m1/s1. The third-order valence-corrected chi connectivity index (χ3v) is 9.09. The number of hydrogen-bond acceptors (Lipinski definition) is 10. The van der Waals surface area contributed by atoms with Crippen LogP contribution in [0.5, 0.6) is 0 Å². The molecule has 284 valence electrons. The van der Waals surface area contributed by atoms with Gasteiger partial charge in [0, 0.05) is 25.6 Å². The Morgan fingerprint density at radius 3 is 2.08 bits per heavy atom. The highest BCUT2D eigenvalue weighted by Crippen LogP contribution is 2.32. The van der Waals surface area contributed by atoms with E-state index in [2.05, 4.69) is 44.4 Å². The van der Waals surface area contributed by atoms with Gasteiger partial charge >= 0.3 is 11.9 Å². The lowest BCUT2D eigenvalue weighted by Gasteiger charge is -2.31. The predicted octanol–water partition coefficient (Wildman–Crippen LogP) is 6.32. The highest BCUT2D eigenvalue weighted by atomic mass is 16.5. The summed E-state index contributed by atoms with van der Waals surface area (Å²) in [7, 11) is 0. The monoisotopic (exact) mass is 702 g/mol. The second-order valence-electron chi connectivity index (χ2n) is 13.7. The molecule has 0 radical (unpaired) electrons.